The lowest BCUT2D eigenvalue weighted by atomic mass is 10.2. The van der Waals surface area contributed by atoms with Crippen molar-refractivity contribution in [3.63, 3.8) is 0 Å². The van der Waals surface area contributed by atoms with Gasteiger partial charge in [0.2, 0.25) is 0 Å². The van der Waals surface area contributed by atoms with E-state index in [1.165, 1.54) is 12.8 Å². The Hall–Kier alpha value is -0.193. The van der Waals surface area contributed by atoms with Gasteiger partial charge in [-0.2, -0.15) is 0 Å². The zero-order chi connectivity index (χ0) is 11.0. The average Bonchev–Trinajstić information content (AvgIpc) is 2.30. The van der Waals surface area contributed by atoms with E-state index in [1.54, 1.807) is 7.11 Å². The van der Waals surface area contributed by atoms with E-state index in [4.69, 9.17) is 0 Å². The van der Waals surface area contributed by atoms with Crippen molar-refractivity contribution < 1.29 is 13.7 Å². The van der Waals surface area contributed by atoms with Gasteiger partial charge in [-0.3, -0.25) is 4.48 Å². The minimum absolute atomic E-state index is 0.0756. The summed E-state index contributed by atoms with van der Waals surface area (Å²) in [5.74, 6) is 0.400. The van der Waals surface area contributed by atoms with Crippen LogP contribution in [0, 0.1) is 0 Å². The molecule has 0 N–H and O–H groups in total. The van der Waals surface area contributed by atoms with Crippen LogP contribution in [0.15, 0.2) is 0 Å². The fourth-order valence-corrected chi connectivity index (χ4v) is 1.39. The predicted molar refractivity (Wildman–Crippen MR) is 61.9 cm³/mol. The molecule has 1 aliphatic rings. The largest absolute Gasteiger partial charge is 0.427 e. The number of hydrogen-bond acceptors (Lipinski definition) is 2. The normalized spacial score (nSPS) is 21.6. The molecule has 0 bridgehead atoms. The van der Waals surface area contributed by atoms with Gasteiger partial charge in [0.1, 0.15) is 0 Å². The van der Waals surface area contributed by atoms with Crippen LogP contribution >= 0.6 is 0 Å². The van der Waals surface area contributed by atoms with Crippen LogP contribution in [-0.2, 0) is 9.22 Å². The minimum Gasteiger partial charge on any atom is -0.427 e. The second-order valence-electron chi connectivity index (χ2n) is 4.19. The highest BCUT2D eigenvalue weighted by molar-refractivity contribution is 6.24. The lowest BCUT2D eigenvalue weighted by Gasteiger charge is -2.24. The smallest absolute Gasteiger partial charge is 0.313 e. The summed E-state index contributed by atoms with van der Waals surface area (Å²) >= 11 is 0. The number of likely N-dealkylation sites (tertiary alicyclic amines) is 1. The number of hydrogen-bond donors (Lipinski definition) is 0. The first-order valence-electron chi connectivity index (χ1n) is 5.40. The molecule has 1 saturated heterocycles. The summed E-state index contributed by atoms with van der Waals surface area (Å²) in [4.78, 5) is 11.3. The molecule has 0 unspecified atom stereocenters. The first-order chi connectivity index (χ1) is 6.54. The lowest BCUT2D eigenvalue weighted by Crippen LogP contribution is -2.44. The van der Waals surface area contributed by atoms with Gasteiger partial charge in [-0.05, 0) is 19.3 Å². The SMILES string of the molecule is CO[SiH2]C.C[N+]1(C)CCCCCC1=O. The quantitative estimate of drug-likeness (QED) is 0.483. The molecule has 84 valence electrons. The fraction of sp³-hybridized carbons (Fsp3) is 0.900. The highest BCUT2D eigenvalue weighted by atomic mass is 28.2. The van der Waals surface area contributed by atoms with Crippen molar-refractivity contribution in [2.24, 2.45) is 0 Å². The molecule has 0 aliphatic carbocycles. The number of rotatable bonds is 1. The average molecular weight is 218 g/mol. The number of carbonyl (C=O) groups excluding carboxylic acids is 1. The number of quaternary nitrogens is 1. The Morgan fingerprint density at radius 1 is 1.29 bits per heavy atom. The third kappa shape index (κ3) is 5.52. The van der Waals surface area contributed by atoms with Crippen LogP contribution in [0.5, 0.6) is 0 Å². The summed E-state index contributed by atoms with van der Waals surface area (Å²) in [6.45, 7) is 3.12. The first kappa shape index (κ1) is 13.8. The number of carbonyl (C=O) groups is 1. The molecule has 1 fully saturated rings. The van der Waals surface area contributed by atoms with E-state index in [2.05, 4.69) is 11.0 Å². The zero-order valence-corrected chi connectivity index (χ0v) is 11.4. The van der Waals surface area contributed by atoms with Crippen molar-refractivity contribution in [2.75, 3.05) is 27.7 Å². The molecule has 3 nitrogen and oxygen atoms in total. The molecule has 4 heteroatoms. The Kier molecular flexibility index (Phi) is 7.05. The van der Waals surface area contributed by atoms with E-state index in [1.807, 2.05) is 14.1 Å². The maximum absolute atomic E-state index is 11.3. The highest BCUT2D eigenvalue weighted by Crippen LogP contribution is 2.14. The fourth-order valence-electron chi connectivity index (χ4n) is 1.39. The van der Waals surface area contributed by atoms with Gasteiger partial charge in [0.15, 0.2) is 9.76 Å². The summed E-state index contributed by atoms with van der Waals surface area (Å²) in [5, 5.41) is 0. The van der Waals surface area contributed by atoms with Gasteiger partial charge in [0.25, 0.3) is 0 Å². The second kappa shape index (κ2) is 7.15. The molecule has 14 heavy (non-hydrogen) atoms. The Morgan fingerprint density at radius 2 is 1.86 bits per heavy atom. The number of amides is 1. The maximum atomic E-state index is 11.3. The molecule has 0 radical (unpaired) electrons. The molecule has 0 atom stereocenters. The summed E-state index contributed by atoms with van der Waals surface area (Å²) in [6.07, 6.45) is 4.32. The van der Waals surface area contributed by atoms with Gasteiger partial charge in [-0.25, -0.2) is 4.79 Å². The van der Waals surface area contributed by atoms with Gasteiger partial charge in [0.05, 0.1) is 27.1 Å². The Labute approximate surface area is 90.0 Å². The van der Waals surface area contributed by atoms with Gasteiger partial charge >= 0.3 is 5.91 Å². The van der Waals surface area contributed by atoms with Gasteiger partial charge in [-0.15, -0.1) is 0 Å². The lowest BCUT2D eigenvalue weighted by molar-refractivity contribution is -0.813. The molecule has 0 aromatic rings. The van der Waals surface area contributed by atoms with E-state index in [0.29, 0.717) is 10.4 Å². The van der Waals surface area contributed by atoms with Crippen molar-refractivity contribution >= 4 is 15.7 Å². The third-order valence-corrected chi connectivity index (χ3v) is 3.15. The summed E-state index contributed by atoms with van der Waals surface area (Å²) in [7, 11) is 5.68. The maximum Gasteiger partial charge on any atom is 0.313 e. The Morgan fingerprint density at radius 3 is 2.36 bits per heavy atom. The van der Waals surface area contributed by atoms with Crippen molar-refractivity contribution in [3.8, 4) is 0 Å². The van der Waals surface area contributed by atoms with Gasteiger partial charge in [-0.1, -0.05) is 6.55 Å². The molecule has 1 amide bonds. The van der Waals surface area contributed by atoms with Crippen molar-refractivity contribution in [2.45, 2.75) is 32.2 Å². The van der Waals surface area contributed by atoms with E-state index in [-0.39, 0.29) is 9.76 Å². The molecule has 0 spiro atoms. The van der Waals surface area contributed by atoms with E-state index in [9.17, 15) is 4.79 Å². The third-order valence-electron chi connectivity index (χ3n) is 2.57. The standard InChI is InChI=1S/C8H16NO.C2H8OSi/c1-9(2)7-5-3-4-6-8(9)10;1-3-4-2/h3-7H2,1-2H3;4H2,1-2H3/q+1;. The Balaban J connectivity index is 0.000000364. The predicted octanol–water partition coefficient (Wildman–Crippen LogP) is 0.928. The van der Waals surface area contributed by atoms with Crippen LogP contribution in [0.4, 0.5) is 0 Å². The second-order valence-corrected chi connectivity index (χ2v) is 5.35. The van der Waals surface area contributed by atoms with Crippen molar-refractivity contribution in [3.05, 3.63) is 0 Å². The van der Waals surface area contributed by atoms with E-state index >= 15 is 0 Å². The van der Waals surface area contributed by atoms with Gasteiger partial charge < -0.3 is 4.43 Å². The monoisotopic (exact) mass is 218 g/mol. The van der Waals surface area contributed by atoms with Crippen LogP contribution in [0.3, 0.4) is 0 Å². The zero-order valence-electron chi connectivity index (χ0n) is 10.0. The van der Waals surface area contributed by atoms with Crippen LogP contribution in [0.25, 0.3) is 0 Å². The summed E-state index contributed by atoms with van der Waals surface area (Å²) in [6, 6.07) is 0. The van der Waals surface area contributed by atoms with E-state index in [0.717, 1.165) is 19.4 Å². The summed E-state index contributed by atoms with van der Waals surface area (Å²) < 4.78 is 5.28. The molecular formula is C10H24NO2Si+. The first-order valence-corrected chi connectivity index (χ1v) is 7.39. The number of nitrogens with zero attached hydrogens (tertiary/aromatic N) is 1. The van der Waals surface area contributed by atoms with Crippen LogP contribution in [-0.4, -0.2) is 47.9 Å². The van der Waals surface area contributed by atoms with Crippen molar-refractivity contribution in [1.29, 1.82) is 0 Å². The van der Waals surface area contributed by atoms with Gasteiger partial charge in [0, 0.05) is 7.11 Å². The molecule has 1 heterocycles. The topological polar surface area (TPSA) is 26.3 Å². The molecular weight excluding hydrogens is 194 g/mol. The van der Waals surface area contributed by atoms with Crippen molar-refractivity contribution in [1.82, 2.24) is 0 Å². The minimum atomic E-state index is -0.0756. The molecule has 1 rings (SSSR count). The van der Waals surface area contributed by atoms with Crippen LogP contribution in [0.2, 0.25) is 6.55 Å². The molecule has 0 saturated carbocycles. The van der Waals surface area contributed by atoms with Crippen LogP contribution < -0.4 is 0 Å². The molecule has 0 aromatic heterocycles. The van der Waals surface area contributed by atoms with E-state index < -0.39 is 0 Å². The van der Waals surface area contributed by atoms with Crippen LogP contribution in [0.1, 0.15) is 25.7 Å². The molecule has 1 aliphatic heterocycles. The summed E-state index contributed by atoms with van der Waals surface area (Å²) in [5.41, 5.74) is 0. The molecule has 0 aromatic carbocycles. The Bertz CT molecular complexity index is 170. The highest BCUT2D eigenvalue weighted by Gasteiger charge is 2.27.